The van der Waals surface area contributed by atoms with E-state index < -0.39 is 9.84 Å². The lowest BCUT2D eigenvalue weighted by molar-refractivity contribution is 0.603. The summed E-state index contributed by atoms with van der Waals surface area (Å²) in [4.78, 5) is 4.17. The van der Waals surface area contributed by atoms with Gasteiger partial charge in [0.1, 0.15) is 0 Å². The van der Waals surface area contributed by atoms with Gasteiger partial charge in [0, 0.05) is 11.6 Å². The number of rotatable bonds is 2. The van der Waals surface area contributed by atoms with Crippen LogP contribution in [-0.2, 0) is 15.6 Å². The quantitative estimate of drug-likeness (QED) is 0.777. The number of para-hydroxylation sites is 1. The third-order valence-corrected chi connectivity index (χ3v) is 2.81. The summed E-state index contributed by atoms with van der Waals surface area (Å²) < 4.78 is 22.0. The number of fused-ring (bicyclic) bond motifs is 1. The Kier molecular flexibility index (Phi) is 2.44. The molecule has 4 heteroatoms. The Morgan fingerprint density at radius 2 is 2.00 bits per heavy atom. The van der Waals surface area contributed by atoms with Crippen LogP contribution in [-0.4, -0.2) is 13.4 Å². The molecule has 3 nitrogen and oxygen atoms in total. The van der Waals surface area contributed by atoms with Crippen molar-refractivity contribution >= 4 is 20.7 Å². The van der Waals surface area contributed by atoms with E-state index in [1.54, 1.807) is 6.20 Å². The number of pyridine rings is 1. The van der Waals surface area contributed by atoms with Crippen LogP contribution in [0.4, 0.5) is 0 Å². The van der Waals surface area contributed by atoms with E-state index >= 15 is 0 Å². The first kappa shape index (κ1) is 10.1. The van der Waals surface area contributed by atoms with Crippen molar-refractivity contribution in [3.63, 3.8) is 0 Å². The molecule has 77 valence electrons. The fraction of sp³-hybridized carbons (Fsp3) is 0.0909. The summed E-state index contributed by atoms with van der Waals surface area (Å²) in [5.41, 5.74) is 1.53. The Bertz CT molecular complexity index is 590. The number of aromatic nitrogens is 1. The zero-order valence-corrected chi connectivity index (χ0v) is 8.87. The second-order valence-electron chi connectivity index (χ2n) is 3.42. The van der Waals surface area contributed by atoms with Crippen LogP contribution in [0.5, 0.6) is 0 Å². The summed E-state index contributed by atoms with van der Waals surface area (Å²) in [6, 6.07) is 9.41. The van der Waals surface area contributed by atoms with Gasteiger partial charge in [0.25, 0.3) is 0 Å². The Morgan fingerprint density at radius 1 is 1.27 bits per heavy atom. The molecule has 2 rings (SSSR count). The number of benzene rings is 1. The molecule has 0 bridgehead atoms. The first-order valence-corrected chi connectivity index (χ1v) is 6.26. The lowest BCUT2D eigenvalue weighted by Gasteiger charge is -2.01. The van der Waals surface area contributed by atoms with Crippen LogP contribution >= 0.6 is 0 Å². The predicted octanol–water partition coefficient (Wildman–Crippen LogP) is 1.94. The Hall–Kier alpha value is -1.42. The fourth-order valence-corrected chi connectivity index (χ4v) is 2.12. The van der Waals surface area contributed by atoms with Crippen LogP contribution in [0.1, 0.15) is 5.56 Å². The van der Waals surface area contributed by atoms with Gasteiger partial charge in [-0.3, -0.25) is 4.98 Å². The largest absolute Gasteiger partial charge is 0.256 e. The molecule has 0 unspecified atom stereocenters. The van der Waals surface area contributed by atoms with Crippen LogP contribution in [0.3, 0.4) is 0 Å². The van der Waals surface area contributed by atoms with Crippen molar-refractivity contribution in [1.29, 1.82) is 0 Å². The molecule has 0 fully saturated rings. The zero-order valence-electron chi connectivity index (χ0n) is 8.05. The SMILES string of the molecule is [CH2]S(=O)(=O)Cc1cnc2ccccc2c1. The van der Waals surface area contributed by atoms with Gasteiger partial charge in [-0.2, -0.15) is 0 Å². The normalized spacial score (nSPS) is 11.8. The Labute approximate surface area is 88.7 Å². The molecule has 15 heavy (non-hydrogen) atoms. The van der Waals surface area contributed by atoms with E-state index in [-0.39, 0.29) is 5.75 Å². The first-order valence-electron chi connectivity index (χ1n) is 4.44. The van der Waals surface area contributed by atoms with Crippen molar-refractivity contribution in [2.45, 2.75) is 5.75 Å². The maximum atomic E-state index is 11.0. The first-order chi connectivity index (χ1) is 7.04. The van der Waals surface area contributed by atoms with Crippen molar-refractivity contribution in [2.75, 3.05) is 0 Å². The van der Waals surface area contributed by atoms with E-state index in [2.05, 4.69) is 11.2 Å². The highest BCUT2D eigenvalue weighted by Crippen LogP contribution is 2.14. The van der Waals surface area contributed by atoms with Gasteiger partial charge in [-0.15, -0.1) is 0 Å². The molecule has 1 radical (unpaired) electrons. The van der Waals surface area contributed by atoms with Crippen molar-refractivity contribution in [2.24, 2.45) is 0 Å². The molecule has 2 aromatic rings. The minimum absolute atomic E-state index is 0.0646. The minimum atomic E-state index is -3.24. The number of nitrogens with zero attached hydrogens (tertiary/aromatic N) is 1. The van der Waals surface area contributed by atoms with Gasteiger partial charge in [-0.25, -0.2) is 8.42 Å². The molecule has 0 N–H and O–H groups in total. The minimum Gasteiger partial charge on any atom is -0.256 e. The van der Waals surface area contributed by atoms with Crippen LogP contribution in [0.2, 0.25) is 0 Å². The monoisotopic (exact) mass is 220 g/mol. The summed E-state index contributed by atoms with van der Waals surface area (Å²) >= 11 is 0. The van der Waals surface area contributed by atoms with Gasteiger partial charge in [-0.1, -0.05) is 18.2 Å². The van der Waals surface area contributed by atoms with Crippen LogP contribution < -0.4 is 0 Å². The zero-order chi connectivity index (χ0) is 10.9. The van der Waals surface area contributed by atoms with Gasteiger partial charge in [0.05, 0.1) is 17.5 Å². The molecule has 0 atom stereocenters. The highest BCUT2D eigenvalue weighted by molar-refractivity contribution is 7.91. The maximum absolute atomic E-state index is 11.0. The summed E-state index contributed by atoms with van der Waals surface area (Å²) in [5.74, 6) is -0.0646. The average Bonchev–Trinajstić information content (AvgIpc) is 2.15. The second kappa shape index (κ2) is 3.62. The molecule has 1 aromatic carbocycles. The molecule has 0 aliphatic heterocycles. The summed E-state index contributed by atoms with van der Waals surface area (Å²) in [6.45, 7) is 0. The fourth-order valence-electron chi connectivity index (χ4n) is 1.45. The van der Waals surface area contributed by atoms with E-state index in [4.69, 9.17) is 0 Å². The maximum Gasteiger partial charge on any atom is 0.155 e. The van der Waals surface area contributed by atoms with Crippen molar-refractivity contribution in [1.82, 2.24) is 4.98 Å². The molecule has 0 aliphatic rings. The van der Waals surface area contributed by atoms with E-state index in [9.17, 15) is 8.42 Å². The van der Waals surface area contributed by atoms with E-state index in [0.29, 0.717) is 5.56 Å². The molecule has 0 aliphatic carbocycles. The number of hydrogen-bond acceptors (Lipinski definition) is 3. The molecular weight excluding hydrogens is 210 g/mol. The van der Waals surface area contributed by atoms with Crippen molar-refractivity contribution in [3.05, 3.63) is 48.3 Å². The van der Waals surface area contributed by atoms with Crippen molar-refractivity contribution in [3.8, 4) is 0 Å². The molecule has 1 heterocycles. The standard InChI is InChI=1S/C11H10NO2S/c1-15(13,14)8-9-6-10-4-2-3-5-11(10)12-7-9/h2-7H,1,8H2. The van der Waals surface area contributed by atoms with Crippen molar-refractivity contribution < 1.29 is 8.42 Å². The molecule has 0 amide bonds. The average molecular weight is 220 g/mol. The Morgan fingerprint density at radius 3 is 2.73 bits per heavy atom. The summed E-state index contributed by atoms with van der Waals surface area (Å²) in [7, 11) is -3.24. The number of sulfone groups is 1. The van der Waals surface area contributed by atoms with Crippen LogP contribution in [0.25, 0.3) is 10.9 Å². The van der Waals surface area contributed by atoms with Gasteiger partial charge in [-0.05, 0) is 17.7 Å². The predicted molar refractivity (Wildman–Crippen MR) is 59.7 cm³/mol. The van der Waals surface area contributed by atoms with Crippen LogP contribution in [0.15, 0.2) is 36.5 Å². The van der Waals surface area contributed by atoms with Gasteiger partial charge < -0.3 is 0 Å². The molecular formula is C11H10NO2S. The summed E-state index contributed by atoms with van der Waals surface area (Å²) in [5, 5.41) is 0.943. The molecule has 0 saturated heterocycles. The van der Waals surface area contributed by atoms with Crippen LogP contribution in [0, 0.1) is 6.26 Å². The highest BCUT2D eigenvalue weighted by Gasteiger charge is 2.05. The third-order valence-electron chi connectivity index (χ3n) is 2.03. The lowest BCUT2D eigenvalue weighted by atomic mass is 10.2. The molecule has 0 spiro atoms. The third kappa shape index (κ3) is 2.53. The van der Waals surface area contributed by atoms with Gasteiger partial charge in [0.15, 0.2) is 9.84 Å². The van der Waals surface area contributed by atoms with E-state index in [1.165, 1.54) is 0 Å². The number of hydrogen-bond donors (Lipinski definition) is 0. The summed E-state index contributed by atoms with van der Waals surface area (Å²) in [6.07, 6.45) is 4.66. The van der Waals surface area contributed by atoms with Gasteiger partial charge in [0.2, 0.25) is 0 Å². The molecule has 1 aromatic heterocycles. The lowest BCUT2D eigenvalue weighted by Crippen LogP contribution is -1.98. The second-order valence-corrected chi connectivity index (χ2v) is 5.20. The Balaban J connectivity index is 2.48. The van der Waals surface area contributed by atoms with E-state index in [0.717, 1.165) is 10.9 Å². The molecule has 0 saturated carbocycles. The topological polar surface area (TPSA) is 47.0 Å². The smallest absolute Gasteiger partial charge is 0.155 e. The van der Waals surface area contributed by atoms with E-state index in [1.807, 2.05) is 30.3 Å². The van der Waals surface area contributed by atoms with Gasteiger partial charge >= 0.3 is 0 Å². The highest BCUT2D eigenvalue weighted by atomic mass is 32.2.